The van der Waals surface area contributed by atoms with Crippen molar-refractivity contribution in [1.29, 1.82) is 0 Å². The van der Waals surface area contributed by atoms with Gasteiger partial charge >= 0.3 is 0 Å². The van der Waals surface area contributed by atoms with Crippen LogP contribution in [0.3, 0.4) is 0 Å². The lowest BCUT2D eigenvalue weighted by Crippen LogP contribution is -2.19. The molecule has 1 heterocycles. The van der Waals surface area contributed by atoms with Crippen LogP contribution < -0.4 is 10.6 Å². The van der Waals surface area contributed by atoms with E-state index in [0.717, 1.165) is 18.8 Å². The third-order valence-electron chi connectivity index (χ3n) is 4.16. The lowest BCUT2D eigenvalue weighted by molar-refractivity contribution is 0.103. The summed E-state index contributed by atoms with van der Waals surface area (Å²) in [5.74, 6) is -0.441. The van der Waals surface area contributed by atoms with Crippen LogP contribution in [0.1, 0.15) is 34.3 Å². The molecule has 0 saturated carbocycles. The number of nitrogens with two attached hydrogens (primary N) is 1. The standard InChI is InChI=1S/C18H19FN2O/c1-12-10-13(4-6-15(12)19)18(22)14-5-7-17(16(20)11-14)21-8-2-3-9-21/h4-7,10-11H,2-3,8-9,20H2,1H3. The topological polar surface area (TPSA) is 46.3 Å². The summed E-state index contributed by atoms with van der Waals surface area (Å²) in [5.41, 5.74) is 9.20. The van der Waals surface area contributed by atoms with Gasteiger partial charge in [0.2, 0.25) is 0 Å². The summed E-state index contributed by atoms with van der Waals surface area (Å²) in [6.07, 6.45) is 2.35. The molecular formula is C18H19FN2O. The van der Waals surface area contributed by atoms with Crippen molar-refractivity contribution >= 4 is 17.2 Å². The van der Waals surface area contributed by atoms with E-state index in [1.807, 2.05) is 6.07 Å². The summed E-state index contributed by atoms with van der Waals surface area (Å²) in [7, 11) is 0. The molecule has 0 atom stereocenters. The van der Waals surface area contributed by atoms with Gasteiger partial charge in [-0.2, -0.15) is 0 Å². The van der Waals surface area contributed by atoms with Crippen LogP contribution >= 0.6 is 0 Å². The highest BCUT2D eigenvalue weighted by Crippen LogP contribution is 2.28. The minimum absolute atomic E-state index is 0.136. The van der Waals surface area contributed by atoms with E-state index in [0.29, 0.717) is 22.4 Å². The molecule has 0 aromatic heterocycles. The number of hydrogen-bond acceptors (Lipinski definition) is 3. The third-order valence-corrected chi connectivity index (χ3v) is 4.16. The van der Waals surface area contributed by atoms with Gasteiger partial charge in [0, 0.05) is 24.2 Å². The van der Waals surface area contributed by atoms with Crippen LogP contribution in [0.2, 0.25) is 0 Å². The monoisotopic (exact) mass is 298 g/mol. The number of aryl methyl sites for hydroxylation is 1. The van der Waals surface area contributed by atoms with Gasteiger partial charge in [0.15, 0.2) is 5.78 Å². The maximum absolute atomic E-state index is 13.3. The molecule has 1 aliphatic heterocycles. The number of nitrogen functional groups attached to an aromatic ring is 1. The van der Waals surface area contributed by atoms with Crippen LogP contribution in [0.15, 0.2) is 36.4 Å². The average Bonchev–Trinajstić information content (AvgIpc) is 3.03. The van der Waals surface area contributed by atoms with Gasteiger partial charge in [-0.15, -0.1) is 0 Å². The quantitative estimate of drug-likeness (QED) is 0.696. The Balaban J connectivity index is 1.89. The smallest absolute Gasteiger partial charge is 0.193 e. The minimum Gasteiger partial charge on any atom is -0.397 e. The van der Waals surface area contributed by atoms with E-state index in [2.05, 4.69) is 4.90 Å². The molecule has 1 aliphatic rings. The number of carbonyl (C=O) groups is 1. The first-order chi connectivity index (χ1) is 10.6. The van der Waals surface area contributed by atoms with Crippen molar-refractivity contribution in [3.05, 3.63) is 58.9 Å². The molecule has 1 saturated heterocycles. The Morgan fingerprint density at radius 2 is 1.73 bits per heavy atom. The summed E-state index contributed by atoms with van der Waals surface area (Å²) >= 11 is 0. The number of carbonyl (C=O) groups excluding carboxylic acids is 1. The van der Waals surface area contributed by atoms with Crippen LogP contribution in [-0.4, -0.2) is 18.9 Å². The Morgan fingerprint density at radius 1 is 1.09 bits per heavy atom. The zero-order valence-corrected chi connectivity index (χ0v) is 12.6. The molecule has 2 aromatic carbocycles. The Morgan fingerprint density at radius 3 is 2.36 bits per heavy atom. The molecule has 0 amide bonds. The van der Waals surface area contributed by atoms with E-state index in [1.165, 1.54) is 25.0 Å². The first kappa shape index (κ1) is 14.6. The molecule has 4 heteroatoms. The SMILES string of the molecule is Cc1cc(C(=O)c2ccc(N3CCCC3)c(N)c2)ccc1F. The molecule has 0 unspecified atom stereocenters. The third kappa shape index (κ3) is 2.69. The van der Waals surface area contributed by atoms with Crippen molar-refractivity contribution in [1.82, 2.24) is 0 Å². The van der Waals surface area contributed by atoms with Gasteiger partial charge in [-0.1, -0.05) is 0 Å². The second-order valence-corrected chi connectivity index (χ2v) is 5.76. The van der Waals surface area contributed by atoms with E-state index in [9.17, 15) is 9.18 Å². The van der Waals surface area contributed by atoms with Gasteiger partial charge in [-0.05, 0) is 61.7 Å². The van der Waals surface area contributed by atoms with E-state index in [4.69, 9.17) is 5.73 Å². The van der Waals surface area contributed by atoms with Gasteiger partial charge < -0.3 is 10.6 Å². The van der Waals surface area contributed by atoms with Gasteiger partial charge in [0.1, 0.15) is 5.82 Å². The van der Waals surface area contributed by atoms with Crippen molar-refractivity contribution in [2.24, 2.45) is 0 Å². The van der Waals surface area contributed by atoms with Crippen molar-refractivity contribution < 1.29 is 9.18 Å². The predicted octanol–water partition coefficient (Wildman–Crippen LogP) is 3.55. The number of hydrogen-bond donors (Lipinski definition) is 1. The summed E-state index contributed by atoms with van der Waals surface area (Å²) in [4.78, 5) is 14.7. The normalized spacial score (nSPS) is 14.4. The molecule has 0 bridgehead atoms. The van der Waals surface area contributed by atoms with Crippen molar-refractivity contribution in [3.8, 4) is 0 Å². The van der Waals surface area contributed by atoms with Gasteiger partial charge in [-0.25, -0.2) is 4.39 Å². The first-order valence-corrected chi connectivity index (χ1v) is 7.51. The summed E-state index contributed by atoms with van der Waals surface area (Å²) in [6.45, 7) is 3.67. The fourth-order valence-electron chi connectivity index (χ4n) is 2.89. The number of ketones is 1. The first-order valence-electron chi connectivity index (χ1n) is 7.51. The molecule has 3 nitrogen and oxygen atoms in total. The average molecular weight is 298 g/mol. The maximum Gasteiger partial charge on any atom is 0.193 e. The lowest BCUT2D eigenvalue weighted by atomic mass is 10.0. The highest BCUT2D eigenvalue weighted by molar-refractivity contribution is 6.09. The second-order valence-electron chi connectivity index (χ2n) is 5.76. The molecule has 2 aromatic rings. The van der Waals surface area contributed by atoms with Crippen LogP contribution in [0, 0.1) is 12.7 Å². The molecule has 114 valence electrons. The predicted molar refractivity (Wildman–Crippen MR) is 86.9 cm³/mol. The highest BCUT2D eigenvalue weighted by atomic mass is 19.1. The Kier molecular flexibility index (Phi) is 3.84. The molecular weight excluding hydrogens is 279 g/mol. The Bertz CT molecular complexity index is 721. The number of rotatable bonds is 3. The van der Waals surface area contributed by atoms with Crippen molar-refractivity contribution in [3.63, 3.8) is 0 Å². The number of nitrogens with zero attached hydrogens (tertiary/aromatic N) is 1. The second kappa shape index (κ2) is 5.79. The molecule has 1 fully saturated rings. The van der Waals surface area contributed by atoms with Crippen molar-refractivity contribution in [2.45, 2.75) is 19.8 Å². The maximum atomic E-state index is 13.3. The number of anilines is 2. The molecule has 0 radical (unpaired) electrons. The van der Waals surface area contributed by atoms with Crippen LogP contribution in [0.25, 0.3) is 0 Å². The zero-order chi connectivity index (χ0) is 15.7. The van der Waals surface area contributed by atoms with Crippen LogP contribution in [0.5, 0.6) is 0 Å². The minimum atomic E-state index is -0.305. The van der Waals surface area contributed by atoms with E-state index in [-0.39, 0.29) is 11.6 Å². The number of halogens is 1. The highest BCUT2D eigenvalue weighted by Gasteiger charge is 2.17. The summed E-state index contributed by atoms with van der Waals surface area (Å²) in [6, 6.07) is 9.83. The van der Waals surface area contributed by atoms with E-state index >= 15 is 0 Å². The summed E-state index contributed by atoms with van der Waals surface area (Å²) < 4.78 is 13.3. The van der Waals surface area contributed by atoms with Gasteiger partial charge in [-0.3, -0.25) is 4.79 Å². The number of benzene rings is 2. The molecule has 0 spiro atoms. The molecule has 3 rings (SSSR count). The van der Waals surface area contributed by atoms with Gasteiger partial charge in [0.25, 0.3) is 0 Å². The molecule has 2 N–H and O–H groups in total. The van der Waals surface area contributed by atoms with Gasteiger partial charge in [0.05, 0.1) is 11.4 Å². The Labute approximate surface area is 129 Å². The van der Waals surface area contributed by atoms with E-state index in [1.54, 1.807) is 25.1 Å². The van der Waals surface area contributed by atoms with Crippen molar-refractivity contribution in [2.75, 3.05) is 23.7 Å². The van der Waals surface area contributed by atoms with Crippen LogP contribution in [-0.2, 0) is 0 Å². The molecule has 22 heavy (non-hydrogen) atoms. The lowest BCUT2D eigenvalue weighted by Gasteiger charge is -2.20. The fraction of sp³-hybridized carbons (Fsp3) is 0.278. The zero-order valence-electron chi connectivity index (χ0n) is 12.6. The van der Waals surface area contributed by atoms with Crippen LogP contribution in [0.4, 0.5) is 15.8 Å². The molecule has 0 aliphatic carbocycles. The van der Waals surface area contributed by atoms with E-state index < -0.39 is 0 Å². The fourth-order valence-corrected chi connectivity index (χ4v) is 2.89. The summed E-state index contributed by atoms with van der Waals surface area (Å²) in [5, 5.41) is 0. The Hall–Kier alpha value is -2.36. The largest absolute Gasteiger partial charge is 0.397 e.